The Morgan fingerprint density at radius 1 is 1.04 bits per heavy atom. The van der Waals surface area contributed by atoms with Crippen molar-refractivity contribution in [1.82, 2.24) is 9.96 Å². The summed E-state index contributed by atoms with van der Waals surface area (Å²) in [6.07, 6.45) is -0.275. The van der Waals surface area contributed by atoms with Crippen molar-refractivity contribution < 1.29 is 19.2 Å². The summed E-state index contributed by atoms with van der Waals surface area (Å²) in [6, 6.07) is 8.92. The number of carbonyl (C=O) groups excluding carboxylic acids is 2. The highest BCUT2D eigenvalue weighted by Crippen LogP contribution is 2.40. The highest BCUT2D eigenvalue weighted by atomic mass is 16.7. The van der Waals surface area contributed by atoms with Crippen LogP contribution in [0.1, 0.15) is 31.1 Å². The van der Waals surface area contributed by atoms with E-state index in [0.29, 0.717) is 31.7 Å². The normalized spacial score (nSPS) is 19.7. The molecule has 0 saturated carbocycles. The number of likely N-dealkylation sites (tertiary alicyclic amines) is 1. The van der Waals surface area contributed by atoms with Crippen LogP contribution in [-0.2, 0) is 9.57 Å². The molecule has 6 heteroatoms. The van der Waals surface area contributed by atoms with Crippen LogP contribution in [0, 0.1) is 5.41 Å². The maximum absolute atomic E-state index is 11.9. The second kappa shape index (κ2) is 5.53. The lowest BCUT2D eigenvalue weighted by Crippen LogP contribution is -2.73. The minimum atomic E-state index is -0.475. The van der Waals surface area contributed by atoms with Crippen molar-refractivity contribution in [3.05, 3.63) is 35.9 Å². The molecule has 1 spiro atoms. The maximum atomic E-state index is 11.9. The van der Waals surface area contributed by atoms with E-state index < -0.39 is 5.60 Å². The van der Waals surface area contributed by atoms with Gasteiger partial charge in [0.25, 0.3) is 0 Å². The number of carbonyl (C=O) groups is 2. The van der Waals surface area contributed by atoms with Crippen LogP contribution in [0.4, 0.5) is 4.79 Å². The number of nitrogens with zero attached hydrogens (tertiary/aromatic N) is 2. The SMILES string of the molecule is CC(C)(C)OC(=O)N1CC2(CN(OC(=O)c3ccccc3)C2)C1. The molecule has 2 saturated heterocycles. The molecule has 1 aromatic carbocycles. The molecular weight excluding hydrogens is 296 g/mol. The molecule has 2 aliphatic rings. The summed E-state index contributed by atoms with van der Waals surface area (Å²) in [5.74, 6) is -0.344. The maximum Gasteiger partial charge on any atom is 0.410 e. The van der Waals surface area contributed by atoms with E-state index in [2.05, 4.69) is 0 Å². The Morgan fingerprint density at radius 3 is 2.22 bits per heavy atom. The van der Waals surface area contributed by atoms with Crippen LogP contribution >= 0.6 is 0 Å². The van der Waals surface area contributed by atoms with Crippen LogP contribution in [-0.4, -0.2) is 53.8 Å². The second-order valence-corrected chi connectivity index (χ2v) is 7.38. The second-order valence-electron chi connectivity index (χ2n) is 7.38. The Hall–Kier alpha value is -2.08. The molecule has 0 atom stereocenters. The van der Waals surface area contributed by atoms with Gasteiger partial charge >= 0.3 is 12.1 Å². The average molecular weight is 318 g/mol. The molecule has 2 fully saturated rings. The van der Waals surface area contributed by atoms with Crippen LogP contribution in [0.25, 0.3) is 0 Å². The lowest BCUT2D eigenvalue weighted by atomic mass is 9.74. The molecule has 23 heavy (non-hydrogen) atoms. The van der Waals surface area contributed by atoms with Gasteiger partial charge in [-0.2, -0.15) is 0 Å². The first-order chi connectivity index (χ1) is 10.8. The minimum Gasteiger partial charge on any atom is -0.444 e. The topological polar surface area (TPSA) is 59.1 Å². The molecule has 0 bridgehead atoms. The van der Waals surface area contributed by atoms with Gasteiger partial charge in [-0.15, -0.1) is 5.06 Å². The van der Waals surface area contributed by atoms with Crippen LogP contribution in [0.2, 0.25) is 0 Å². The van der Waals surface area contributed by atoms with Gasteiger partial charge in [0.1, 0.15) is 5.60 Å². The van der Waals surface area contributed by atoms with Gasteiger partial charge in [0.15, 0.2) is 0 Å². The van der Waals surface area contributed by atoms with E-state index in [1.165, 1.54) is 0 Å². The number of hydroxylamine groups is 2. The summed E-state index contributed by atoms with van der Waals surface area (Å²) < 4.78 is 5.34. The molecule has 0 aliphatic carbocycles. The van der Waals surface area contributed by atoms with E-state index in [-0.39, 0.29) is 17.5 Å². The predicted octanol–water partition coefficient (Wildman–Crippen LogP) is 2.31. The van der Waals surface area contributed by atoms with Gasteiger partial charge in [0.05, 0.1) is 5.56 Å². The van der Waals surface area contributed by atoms with Crippen molar-refractivity contribution in [2.75, 3.05) is 26.2 Å². The third-order valence-electron chi connectivity index (χ3n) is 3.95. The van der Waals surface area contributed by atoms with Gasteiger partial charge in [-0.3, -0.25) is 0 Å². The van der Waals surface area contributed by atoms with Crippen LogP contribution < -0.4 is 0 Å². The fourth-order valence-electron chi connectivity index (χ4n) is 2.93. The predicted molar refractivity (Wildman–Crippen MR) is 83.7 cm³/mol. The van der Waals surface area contributed by atoms with E-state index in [1.54, 1.807) is 34.2 Å². The fraction of sp³-hybridized carbons (Fsp3) is 0.529. The summed E-state index contributed by atoms with van der Waals surface area (Å²) in [5.41, 5.74) is 0.113. The van der Waals surface area contributed by atoms with Crippen LogP contribution in [0.15, 0.2) is 30.3 Å². The molecular formula is C17H22N2O4. The summed E-state index contributed by atoms with van der Waals surface area (Å²) in [4.78, 5) is 30.9. The zero-order valence-corrected chi connectivity index (χ0v) is 13.7. The molecule has 0 radical (unpaired) electrons. The van der Waals surface area contributed by atoms with Crippen LogP contribution in [0.5, 0.6) is 0 Å². The number of rotatable bonds is 2. The molecule has 0 unspecified atom stereocenters. The number of amides is 1. The molecule has 124 valence electrons. The zero-order valence-electron chi connectivity index (χ0n) is 13.7. The van der Waals surface area contributed by atoms with E-state index in [0.717, 1.165) is 0 Å². The van der Waals surface area contributed by atoms with Crippen molar-refractivity contribution in [2.24, 2.45) is 5.41 Å². The first-order valence-corrected chi connectivity index (χ1v) is 7.77. The number of hydrogen-bond donors (Lipinski definition) is 0. The van der Waals surface area contributed by atoms with Gasteiger partial charge in [-0.1, -0.05) is 18.2 Å². The van der Waals surface area contributed by atoms with Gasteiger partial charge in [-0.05, 0) is 32.9 Å². The summed E-state index contributed by atoms with van der Waals surface area (Å²) in [5, 5.41) is 1.65. The molecule has 6 nitrogen and oxygen atoms in total. The van der Waals surface area contributed by atoms with Crippen LogP contribution in [0.3, 0.4) is 0 Å². The molecule has 2 aliphatic heterocycles. The largest absolute Gasteiger partial charge is 0.444 e. The number of ether oxygens (including phenoxy) is 1. The Kier molecular flexibility index (Phi) is 3.80. The molecule has 0 N–H and O–H groups in total. The number of benzene rings is 1. The van der Waals surface area contributed by atoms with E-state index in [9.17, 15) is 9.59 Å². The van der Waals surface area contributed by atoms with E-state index in [4.69, 9.17) is 9.57 Å². The van der Waals surface area contributed by atoms with Gasteiger partial charge in [-0.25, -0.2) is 9.59 Å². The third kappa shape index (κ3) is 3.47. The van der Waals surface area contributed by atoms with Gasteiger partial charge in [0, 0.05) is 31.6 Å². The van der Waals surface area contributed by atoms with Crippen molar-refractivity contribution in [2.45, 2.75) is 26.4 Å². The lowest BCUT2D eigenvalue weighted by Gasteiger charge is -2.58. The average Bonchev–Trinajstić information content (AvgIpc) is 2.38. The Bertz CT molecular complexity index is 595. The monoisotopic (exact) mass is 318 g/mol. The lowest BCUT2D eigenvalue weighted by molar-refractivity contribution is -0.241. The van der Waals surface area contributed by atoms with Crippen molar-refractivity contribution in [1.29, 1.82) is 0 Å². The Labute approximate surface area is 135 Å². The highest BCUT2D eigenvalue weighted by Gasteiger charge is 2.55. The van der Waals surface area contributed by atoms with E-state index >= 15 is 0 Å². The first-order valence-electron chi connectivity index (χ1n) is 7.77. The number of hydrogen-bond acceptors (Lipinski definition) is 5. The van der Waals surface area contributed by atoms with Crippen molar-refractivity contribution in [3.63, 3.8) is 0 Å². The van der Waals surface area contributed by atoms with Gasteiger partial charge < -0.3 is 14.5 Å². The molecule has 3 rings (SSSR count). The molecule has 0 aromatic heterocycles. The Balaban J connectivity index is 1.42. The molecule has 1 amide bonds. The summed E-state index contributed by atoms with van der Waals surface area (Å²) in [7, 11) is 0. The highest BCUT2D eigenvalue weighted by molar-refractivity contribution is 5.89. The summed E-state index contributed by atoms with van der Waals surface area (Å²) >= 11 is 0. The van der Waals surface area contributed by atoms with Gasteiger partial charge in [0.2, 0.25) is 0 Å². The molecule has 2 heterocycles. The molecule has 1 aromatic rings. The smallest absolute Gasteiger partial charge is 0.410 e. The fourth-order valence-corrected chi connectivity index (χ4v) is 2.93. The Morgan fingerprint density at radius 2 is 1.65 bits per heavy atom. The summed E-state index contributed by atoms with van der Waals surface area (Å²) in [6.45, 7) is 8.19. The van der Waals surface area contributed by atoms with Crippen molar-refractivity contribution in [3.8, 4) is 0 Å². The first kappa shape index (κ1) is 15.8. The minimum absolute atomic E-state index is 0.0495. The van der Waals surface area contributed by atoms with E-state index in [1.807, 2.05) is 26.8 Å². The third-order valence-corrected chi connectivity index (χ3v) is 3.95. The standard InChI is InChI=1S/C17H22N2O4/c1-16(2,3)22-15(21)18-9-17(10-18)11-19(12-17)23-14(20)13-7-5-4-6-8-13/h4-8H,9-12H2,1-3H3. The van der Waals surface area contributed by atoms with Crippen molar-refractivity contribution >= 4 is 12.1 Å². The zero-order chi connectivity index (χ0) is 16.7. The quantitative estimate of drug-likeness (QED) is 0.837.